The second kappa shape index (κ2) is 6.44. The van der Waals surface area contributed by atoms with E-state index in [1.807, 2.05) is 6.92 Å². The van der Waals surface area contributed by atoms with Crippen molar-refractivity contribution in [2.24, 2.45) is 11.8 Å². The minimum Gasteiger partial charge on any atom is -0.462 e. The molecule has 1 unspecified atom stereocenters. The zero-order valence-corrected chi connectivity index (χ0v) is 12.7. The fourth-order valence-electron chi connectivity index (χ4n) is 3.29. The van der Waals surface area contributed by atoms with Gasteiger partial charge in [0.15, 0.2) is 0 Å². The third-order valence-corrected chi connectivity index (χ3v) is 4.73. The van der Waals surface area contributed by atoms with Crippen LogP contribution >= 0.6 is 0 Å². The van der Waals surface area contributed by atoms with Gasteiger partial charge in [-0.3, -0.25) is 4.79 Å². The molecule has 2 fully saturated rings. The number of esters is 1. The predicted octanol–water partition coefficient (Wildman–Crippen LogP) is 2.13. The molecule has 2 aliphatic rings. The van der Waals surface area contributed by atoms with Crippen molar-refractivity contribution in [1.82, 2.24) is 0 Å². The summed E-state index contributed by atoms with van der Waals surface area (Å²) in [5.41, 5.74) is -1.67. The fraction of sp³-hybridized carbons (Fsp3) is 0.812. The molecule has 4 nitrogen and oxygen atoms in total. The lowest BCUT2D eigenvalue weighted by atomic mass is 9.89. The van der Waals surface area contributed by atoms with E-state index in [-0.39, 0.29) is 30.3 Å². The number of halogens is 1. The van der Waals surface area contributed by atoms with E-state index in [4.69, 9.17) is 4.74 Å². The van der Waals surface area contributed by atoms with Crippen LogP contribution in [-0.4, -0.2) is 40.2 Å². The summed E-state index contributed by atoms with van der Waals surface area (Å²) < 4.78 is 19.5. The van der Waals surface area contributed by atoms with Crippen LogP contribution in [0.4, 0.5) is 4.39 Å². The van der Waals surface area contributed by atoms with Gasteiger partial charge in [-0.1, -0.05) is 31.9 Å². The first-order valence-corrected chi connectivity index (χ1v) is 7.78. The summed E-state index contributed by atoms with van der Waals surface area (Å²) in [5.74, 6) is -0.551. The van der Waals surface area contributed by atoms with E-state index >= 15 is 0 Å². The Bertz CT molecular complexity index is 407. The third-order valence-electron chi connectivity index (χ3n) is 4.73. The zero-order chi connectivity index (χ0) is 15.6. The second-order valence-corrected chi connectivity index (χ2v) is 6.49. The Labute approximate surface area is 125 Å². The van der Waals surface area contributed by atoms with Gasteiger partial charge in [0.2, 0.25) is 0 Å². The fourth-order valence-corrected chi connectivity index (χ4v) is 3.29. The Hall–Kier alpha value is -0.940. The molecule has 0 spiro atoms. The van der Waals surface area contributed by atoms with Crippen LogP contribution in [0.3, 0.4) is 0 Å². The van der Waals surface area contributed by atoms with Crippen LogP contribution in [0.5, 0.6) is 0 Å². The van der Waals surface area contributed by atoms with E-state index < -0.39 is 17.9 Å². The molecule has 2 N–H and O–H groups in total. The maximum absolute atomic E-state index is 14.3. The van der Waals surface area contributed by atoms with Gasteiger partial charge in [0.05, 0.1) is 12.5 Å². The van der Waals surface area contributed by atoms with Crippen molar-refractivity contribution in [3.63, 3.8) is 0 Å². The molecular weight excluding hydrogens is 275 g/mol. The molecule has 6 atom stereocenters. The van der Waals surface area contributed by atoms with E-state index in [2.05, 4.69) is 0 Å². The van der Waals surface area contributed by atoms with Crippen LogP contribution in [0.25, 0.3) is 0 Å². The average molecular weight is 300 g/mol. The number of aliphatic hydroxyl groups is 2. The van der Waals surface area contributed by atoms with Crippen molar-refractivity contribution in [2.45, 2.75) is 69.9 Å². The monoisotopic (exact) mass is 300 g/mol. The molecule has 21 heavy (non-hydrogen) atoms. The molecule has 0 amide bonds. The lowest BCUT2D eigenvalue weighted by molar-refractivity contribution is -0.141. The van der Waals surface area contributed by atoms with Gasteiger partial charge in [-0.15, -0.1) is 0 Å². The summed E-state index contributed by atoms with van der Waals surface area (Å²) in [4.78, 5) is 11.3. The number of alkyl halides is 1. The number of aliphatic hydroxyl groups excluding tert-OH is 2. The highest BCUT2D eigenvalue weighted by molar-refractivity contribution is 5.72. The van der Waals surface area contributed by atoms with Crippen molar-refractivity contribution in [2.75, 3.05) is 0 Å². The first-order chi connectivity index (χ1) is 9.85. The van der Waals surface area contributed by atoms with E-state index in [0.717, 1.165) is 12.8 Å². The maximum atomic E-state index is 14.3. The van der Waals surface area contributed by atoms with Gasteiger partial charge >= 0.3 is 5.97 Å². The summed E-state index contributed by atoms with van der Waals surface area (Å²) >= 11 is 0. The van der Waals surface area contributed by atoms with Crippen molar-refractivity contribution in [1.29, 1.82) is 0 Å². The number of unbranched alkanes of at least 4 members (excludes halogenated alkanes) is 1. The van der Waals surface area contributed by atoms with Crippen molar-refractivity contribution < 1.29 is 24.1 Å². The molecule has 0 aromatic carbocycles. The SMILES string of the molecule is CCCCC(C)(F)[C@H](O)C=C[C@H]1[C@@H]2CC(=O)O[C@@H]2C[C@@H]1O. The topological polar surface area (TPSA) is 66.8 Å². The van der Waals surface area contributed by atoms with Gasteiger partial charge in [-0.05, 0) is 13.3 Å². The third kappa shape index (κ3) is 3.64. The number of rotatable bonds is 6. The van der Waals surface area contributed by atoms with E-state index in [9.17, 15) is 19.4 Å². The highest BCUT2D eigenvalue weighted by atomic mass is 19.1. The Morgan fingerprint density at radius 3 is 2.95 bits per heavy atom. The Balaban J connectivity index is 1.98. The zero-order valence-electron chi connectivity index (χ0n) is 12.7. The average Bonchev–Trinajstić information content (AvgIpc) is 2.89. The van der Waals surface area contributed by atoms with E-state index in [0.29, 0.717) is 12.8 Å². The first kappa shape index (κ1) is 16.4. The summed E-state index contributed by atoms with van der Waals surface area (Å²) in [6.07, 6.45) is 3.65. The predicted molar refractivity (Wildman–Crippen MR) is 76.3 cm³/mol. The van der Waals surface area contributed by atoms with Gasteiger partial charge in [0, 0.05) is 18.3 Å². The largest absolute Gasteiger partial charge is 0.462 e. The number of fused-ring (bicyclic) bond motifs is 1. The highest BCUT2D eigenvalue weighted by Gasteiger charge is 2.48. The smallest absolute Gasteiger partial charge is 0.306 e. The van der Waals surface area contributed by atoms with Gasteiger partial charge in [0.1, 0.15) is 17.9 Å². The Kier molecular flexibility index (Phi) is 5.04. The molecule has 0 aromatic heterocycles. The standard InChI is InChI=1S/C16H25FO4/c1-3-4-7-16(2,17)14(19)6-5-10-11-8-15(20)21-13(11)9-12(10)18/h5-6,10-14,18-19H,3-4,7-9H2,1-2H3/t10-,11-,12-,13+,14+,16?/m0/s1. The van der Waals surface area contributed by atoms with Gasteiger partial charge < -0.3 is 14.9 Å². The number of carbonyl (C=O) groups is 1. The lowest BCUT2D eigenvalue weighted by Crippen LogP contribution is -2.33. The number of ether oxygens (including phenoxy) is 1. The quantitative estimate of drug-likeness (QED) is 0.582. The van der Waals surface area contributed by atoms with Crippen LogP contribution in [0.15, 0.2) is 12.2 Å². The van der Waals surface area contributed by atoms with Crippen LogP contribution in [0.1, 0.15) is 46.0 Å². The molecule has 2 rings (SSSR count). The second-order valence-electron chi connectivity index (χ2n) is 6.49. The minimum absolute atomic E-state index is 0.0579. The normalized spacial score (nSPS) is 36.5. The summed E-state index contributed by atoms with van der Waals surface area (Å²) in [6.45, 7) is 3.37. The molecule has 1 aliphatic carbocycles. The van der Waals surface area contributed by atoms with Gasteiger partial charge in [-0.2, -0.15) is 0 Å². The molecule has 1 saturated heterocycles. The van der Waals surface area contributed by atoms with Crippen LogP contribution in [0.2, 0.25) is 0 Å². The minimum atomic E-state index is -1.67. The molecular formula is C16H25FO4. The molecule has 0 bridgehead atoms. The first-order valence-electron chi connectivity index (χ1n) is 7.78. The van der Waals surface area contributed by atoms with Crippen molar-refractivity contribution >= 4 is 5.97 Å². The van der Waals surface area contributed by atoms with Crippen LogP contribution in [-0.2, 0) is 9.53 Å². The summed E-state index contributed by atoms with van der Waals surface area (Å²) in [6, 6.07) is 0. The number of hydrogen-bond acceptors (Lipinski definition) is 4. The molecule has 1 saturated carbocycles. The lowest BCUT2D eigenvalue weighted by Gasteiger charge is -2.25. The molecule has 1 heterocycles. The van der Waals surface area contributed by atoms with E-state index in [1.165, 1.54) is 13.0 Å². The van der Waals surface area contributed by atoms with E-state index in [1.54, 1.807) is 6.08 Å². The van der Waals surface area contributed by atoms with Gasteiger partial charge in [-0.25, -0.2) is 4.39 Å². The van der Waals surface area contributed by atoms with Gasteiger partial charge in [0.25, 0.3) is 0 Å². The molecule has 0 radical (unpaired) electrons. The molecule has 120 valence electrons. The van der Waals surface area contributed by atoms with Crippen LogP contribution in [0, 0.1) is 11.8 Å². The maximum Gasteiger partial charge on any atom is 0.306 e. The summed E-state index contributed by atoms with van der Waals surface area (Å²) in [5, 5.41) is 20.0. The van der Waals surface area contributed by atoms with Crippen molar-refractivity contribution in [3.8, 4) is 0 Å². The molecule has 0 aromatic rings. The number of carbonyl (C=O) groups excluding carboxylic acids is 1. The van der Waals surface area contributed by atoms with Crippen LogP contribution < -0.4 is 0 Å². The van der Waals surface area contributed by atoms with Crippen molar-refractivity contribution in [3.05, 3.63) is 12.2 Å². The molecule has 1 aliphatic heterocycles. The summed E-state index contributed by atoms with van der Waals surface area (Å²) in [7, 11) is 0. The Morgan fingerprint density at radius 1 is 1.57 bits per heavy atom. The Morgan fingerprint density at radius 2 is 2.29 bits per heavy atom. The molecule has 5 heteroatoms. The highest BCUT2D eigenvalue weighted by Crippen LogP contribution is 2.42. The number of hydrogen-bond donors (Lipinski definition) is 2.